The maximum absolute atomic E-state index is 15.3. The second kappa shape index (κ2) is 27.5. The largest absolute Gasteiger partial charge is 0.456 e. The average molecular weight is 1210 g/mol. The van der Waals surface area contributed by atoms with E-state index in [1.54, 1.807) is 25.1 Å². The summed E-state index contributed by atoms with van der Waals surface area (Å²) in [6.45, 7) is 30.9. The van der Waals surface area contributed by atoms with Crippen LogP contribution in [0.25, 0.3) is 33.4 Å². The van der Waals surface area contributed by atoms with Crippen molar-refractivity contribution in [2.45, 2.75) is 210 Å². The minimum absolute atomic E-state index is 0.0184. The molecule has 4 aromatic carbocycles. The van der Waals surface area contributed by atoms with E-state index in [4.69, 9.17) is 9.41 Å². The topological polar surface area (TPSA) is 234 Å². The fourth-order valence-corrected chi connectivity index (χ4v) is 14.1. The molecule has 6 rings (SSSR count). The van der Waals surface area contributed by atoms with Gasteiger partial charge >= 0.3 is 0 Å². The van der Waals surface area contributed by atoms with Crippen LogP contribution in [0.15, 0.2) is 79.9 Å². The molecule has 1 aliphatic carbocycles. The lowest BCUT2D eigenvalue weighted by Crippen LogP contribution is -2.35. The highest BCUT2D eigenvalue weighted by molar-refractivity contribution is 7.89. The van der Waals surface area contributed by atoms with Crippen molar-refractivity contribution >= 4 is 87.9 Å². The first-order chi connectivity index (χ1) is 39.2. The summed E-state index contributed by atoms with van der Waals surface area (Å²) in [4.78, 5) is 31.4. The fourth-order valence-electron chi connectivity index (χ4n) is 11.2. The lowest BCUT2D eigenvalue weighted by molar-refractivity contribution is -0.118. The molecule has 16 nitrogen and oxygen atoms in total. The second-order valence-electron chi connectivity index (χ2n) is 25.3. The van der Waals surface area contributed by atoms with Crippen molar-refractivity contribution in [1.82, 2.24) is 4.72 Å². The Bertz CT molecular complexity index is 3770. The van der Waals surface area contributed by atoms with E-state index in [-0.39, 0.29) is 90.5 Å². The molecule has 0 spiro atoms. The van der Waals surface area contributed by atoms with Crippen LogP contribution < -0.4 is 30.3 Å². The fraction of sp³-hybridized carbons (Fsp3) is 0.492. The third-order valence-corrected chi connectivity index (χ3v) is 18.6. The highest BCUT2D eigenvalue weighted by atomic mass is 32.2. The summed E-state index contributed by atoms with van der Waals surface area (Å²) in [6, 6.07) is 14.6. The van der Waals surface area contributed by atoms with Crippen molar-refractivity contribution in [3.63, 3.8) is 0 Å². The quantitative estimate of drug-likeness (QED) is 0.0137. The molecule has 0 saturated carbocycles. The zero-order valence-electron chi connectivity index (χ0n) is 52.2. The number of carbonyl (C=O) groups is 2. The van der Waals surface area contributed by atoms with E-state index in [9.17, 15) is 31.0 Å². The third kappa shape index (κ3) is 16.6. The van der Waals surface area contributed by atoms with Gasteiger partial charge in [0.05, 0.1) is 22.4 Å². The van der Waals surface area contributed by atoms with Crippen LogP contribution in [0, 0.1) is 52.4 Å². The molecule has 0 saturated heterocycles. The number of anilines is 5. The van der Waals surface area contributed by atoms with Gasteiger partial charge in [-0.1, -0.05) is 137 Å². The highest BCUT2D eigenvalue weighted by Gasteiger charge is 2.31. The van der Waals surface area contributed by atoms with Crippen LogP contribution in [0.1, 0.15) is 180 Å². The Morgan fingerprint density at radius 3 is 1.77 bits per heavy atom. The highest BCUT2D eigenvalue weighted by Crippen LogP contribution is 2.48. The number of aryl methyl sites for hydroxylation is 4. The number of sulfonamides is 1. The van der Waals surface area contributed by atoms with Crippen LogP contribution in [0.2, 0.25) is 0 Å². The van der Waals surface area contributed by atoms with Gasteiger partial charge in [-0.05, 0) is 131 Å². The van der Waals surface area contributed by atoms with Crippen LogP contribution >= 0.6 is 0 Å². The third-order valence-electron chi connectivity index (χ3n) is 15.1. The van der Waals surface area contributed by atoms with Gasteiger partial charge < -0.3 is 20.4 Å². The minimum atomic E-state index is -4.98. The number of hydrogen-bond donors (Lipinski definition) is 6. The van der Waals surface area contributed by atoms with Gasteiger partial charge in [-0.2, -0.15) is 8.42 Å². The molecule has 1 heterocycles. The first-order valence-electron chi connectivity index (χ1n) is 29.4. The zero-order valence-corrected chi connectivity index (χ0v) is 54.7. The molecule has 0 aromatic heterocycles. The molecular formula is C65H90N6O10S3. The zero-order chi connectivity index (χ0) is 62.4. The lowest BCUT2D eigenvalue weighted by Gasteiger charge is -2.29. The molecule has 5 N–H and O–H groups in total. The van der Waals surface area contributed by atoms with E-state index >= 15 is 8.42 Å². The van der Waals surface area contributed by atoms with Gasteiger partial charge in [-0.3, -0.25) is 18.4 Å². The summed E-state index contributed by atoms with van der Waals surface area (Å²) in [6.07, 6.45) is 8.79. The number of nitrogens with one attached hydrogen (secondary N) is 4. The summed E-state index contributed by atoms with van der Waals surface area (Å²) < 4.78 is 108. The van der Waals surface area contributed by atoms with Crippen molar-refractivity contribution in [3.05, 3.63) is 99.4 Å². The van der Waals surface area contributed by atoms with E-state index in [1.807, 2.05) is 102 Å². The molecule has 0 bridgehead atoms. The van der Waals surface area contributed by atoms with Crippen LogP contribution in [0.3, 0.4) is 0 Å². The SMILES string of the molecule is CCCCCCC(C)NS(=O)(=O)c1cc2c(-c3ccccc3S(=O)(=O)O)c3cc(N(C(C)CCCCCC)[SH](=O)=O)c(Nc4c(C)cc(C)c(NC(=O)CC(C)(C)C)c4C)cc3oc-2c/c1=N\c1c(C)cc(C)c(NC(=O)CC(C)(C)C)c1C. The number of fused-ring (bicyclic) bond motifs is 2. The monoisotopic (exact) mass is 1210 g/mol. The van der Waals surface area contributed by atoms with Gasteiger partial charge in [-0.15, -0.1) is 0 Å². The number of carbonyl (C=O) groups excluding carboxylic acids is 2. The maximum atomic E-state index is 15.3. The molecule has 4 aromatic rings. The van der Waals surface area contributed by atoms with Crippen molar-refractivity contribution in [2.24, 2.45) is 15.8 Å². The number of rotatable bonds is 25. The van der Waals surface area contributed by atoms with E-state index in [1.165, 1.54) is 34.6 Å². The molecule has 2 aliphatic rings. The number of benzene rings is 5. The van der Waals surface area contributed by atoms with Crippen LogP contribution in [0.4, 0.5) is 34.1 Å². The maximum Gasteiger partial charge on any atom is 0.295 e. The summed E-state index contributed by atoms with van der Waals surface area (Å²) in [7, 11) is -12.8. The summed E-state index contributed by atoms with van der Waals surface area (Å²) in [5.74, 6) is -0.302. The van der Waals surface area contributed by atoms with E-state index < -0.39 is 48.0 Å². The predicted molar refractivity (Wildman–Crippen MR) is 343 cm³/mol. The van der Waals surface area contributed by atoms with Crippen molar-refractivity contribution in [1.29, 1.82) is 0 Å². The normalized spacial score (nSPS) is 13.4. The Labute approximate surface area is 501 Å². The Kier molecular flexibility index (Phi) is 21.9. The summed E-state index contributed by atoms with van der Waals surface area (Å²) >= 11 is 0. The van der Waals surface area contributed by atoms with Crippen molar-refractivity contribution < 1.29 is 43.8 Å². The summed E-state index contributed by atoms with van der Waals surface area (Å²) in [5.41, 5.74) is 6.69. The Hall–Kier alpha value is -6.12. The standard InChI is InChI=1S/C65H90N6O10S3/c1-17-19-21-23-27-43(7)70-83(76,77)56-34-49-54(36-51(56)67-61-40(4)32-42(6)63(46(61)10)69-58(73)38-65(14,15)16)81-53-35-50(66-60-39(3)31-41(5)62(45(60)9)68-57(72)37-64(11,12)13)52(71(82(74)75)44(8)28-24-22-20-18-2)33-48(53)59(49)47-29-25-26-30-55(47)84(78,79)80/h25-26,29-36,43-44,66,70,82H,17-24,27-28,37-38H2,1-16H3,(H,68,72)(H,69,73)(H,78,79,80)/b67-51+. The van der Waals surface area contributed by atoms with E-state index in [2.05, 4.69) is 34.5 Å². The second-order valence-corrected chi connectivity index (χ2v) is 29.3. The molecule has 19 heteroatoms. The molecular weight excluding hydrogens is 1120 g/mol. The van der Waals surface area contributed by atoms with Crippen molar-refractivity contribution in [3.8, 4) is 22.5 Å². The first kappa shape index (κ1) is 67.0. The molecule has 1 aliphatic heterocycles. The molecule has 2 atom stereocenters. The molecule has 458 valence electrons. The molecule has 2 unspecified atom stereocenters. The van der Waals surface area contributed by atoms with Gasteiger partial charge in [0.15, 0.2) is 0 Å². The molecule has 0 fully saturated rings. The van der Waals surface area contributed by atoms with Crippen LogP contribution in [-0.4, -0.2) is 53.7 Å². The Morgan fingerprint density at radius 1 is 0.667 bits per heavy atom. The van der Waals surface area contributed by atoms with Gasteiger partial charge in [0.1, 0.15) is 21.1 Å². The molecule has 0 radical (unpaired) electrons. The smallest absolute Gasteiger partial charge is 0.295 e. The Balaban J connectivity index is 1.81. The molecule has 84 heavy (non-hydrogen) atoms. The average Bonchev–Trinajstić information content (AvgIpc) is 1.41. The van der Waals surface area contributed by atoms with Gasteiger partial charge in [0, 0.05) is 76.2 Å². The number of amides is 2. The number of unbranched alkanes of at least 4 members (excludes halogenated alkanes) is 6. The van der Waals surface area contributed by atoms with E-state index in [0.29, 0.717) is 52.3 Å². The lowest BCUT2D eigenvalue weighted by atomic mass is 9.91. The first-order valence-corrected chi connectivity index (χ1v) is 33.5. The number of hydrogen-bond acceptors (Lipinski definition) is 11. The number of nitrogens with zero attached hydrogens (tertiary/aromatic N) is 2. The Morgan fingerprint density at radius 2 is 1.21 bits per heavy atom. The van der Waals surface area contributed by atoms with Crippen LogP contribution in [-0.2, 0) is 40.6 Å². The van der Waals surface area contributed by atoms with Gasteiger partial charge in [-0.25, -0.2) is 26.6 Å². The van der Waals surface area contributed by atoms with E-state index in [0.717, 1.165) is 68.1 Å². The predicted octanol–water partition coefficient (Wildman–Crippen LogP) is 15.4. The van der Waals surface area contributed by atoms with Crippen LogP contribution in [0.5, 0.6) is 0 Å². The minimum Gasteiger partial charge on any atom is -0.456 e. The van der Waals surface area contributed by atoms with Gasteiger partial charge in [0.25, 0.3) is 10.1 Å². The summed E-state index contributed by atoms with van der Waals surface area (Å²) in [5, 5.41) is 9.95. The van der Waals surface area contributed by atoms with Gasteiger partial charge in [0.2, 0.25) is 32.7 Å². The number of thiol groups is 1. The van der Waals surface area contributed by atoms with Crippen molar-refractivity contribution in [2.75, 3.05) is 20.3 Å². The molecule has 2 amide bonds.